The smallest absolute Gasteiger partial charge is 0.146 e. The van der Waals surface area contributed by atoms with Gasteiger partial charge in [-0.05, 0) is 12.1 Å². The van der Waals surface area contributed by atoms with Crippen molar-refractivity contribution in [2.75, 3.05) is 0 Å². The fourth-order valence-corrected chi connectivity index (χ4v) is 9.38. The van der Waals surface area contributed by atoms with Crippen LogP contribution in [0.15, 0.2) is 0 Å². The van der Waals surface area contributed by atoms with E-state index in [1.165, 1.54) is 205 Å². The van der Waals surface area contributed by atoms with Gasteiger partial charge in [-0.15, -0.1) is 22.2 Å². The molecule has 0 aliphatic heterocycles. The van der Waals surface area contributed by atoms with Gasteiger partial charge in [0.1, 0.15) is 0 Å². The van der Waals surface area contributed by atoms with Gasteiger partial charge in [0.2, 0.25) is 0 Å². The van der Waals surface area contributed by atoms with Crippen LogP contribution in [-0.4, -0.2) is 6.69 Å². The molecule has 0 rings (SSSR count). The lowest BCUT2D eigenvalue weighted by Crippen LogP contribution is -2.18. The Kier molecular flexibility index (Phi) is 34.0. The molecule has 0 bridgehead atoms. The summed E-state index contributed by atoms with van der Waals surface area (Å²) in [5.74, 6) is 0. The van der Waals surface area contributed by atoms with E-state index in [4.69, 9.17) is 22.2 Å². The van der Waals surface area contributed by atoms with Gasteiger partial charge < -0.3 is 0 Å². The summed E-state index contributed by atoms with van der Waals surface area (Å²) >= 11 is 13.5. The van der Waals surface area contributed by atoms with Crippen LogP contribution < -0.4 is 0 Å². The zero-order chi connectivity index (χ0) is 28.5. The Bertz CT molecular complexity index is 402. The van der Waals surface area contributed by atoms with Crippen LogP contribution in [0.3, 0.4) is 0 Å². The highest BCUT2D eigenvalue weighted by Gasteiger charge is 2.26. The molecular formula is C36H74Cl2Si. The van der Waals surface area contributed by atoms with Crippen LogP contribution in [0, 0.1) is 0 Å². The van der Waals surface area contributed by atoms with E-state index in [9.17, 15) is 0 Å². The topological polar surface area (TPSA) is 0 Å². The average Bonchev–Trinajstić information content (AvgIpc) is 2.92. The molecule has 0 unspecified atom stereocenters. The third-order valence-electron chi connectivity index (χ3n) is 8.79. The second-order valence-corrected chi connectivity index (χ2v) is 20.6. The van der Waals surface area contributed by atoms with E-state index in [0.717, 1.165) is 12.1 Å². The normalized spacial score (nSPS) is 12.0. The summed E-state index contributed by atoms with van der Waals surface area (Å²) in [6.45, 7) is 2.63. The fraction of sp³-hybridized carbons (Fsp3) is 1.00. The van der Waals surface area contributed by atoms with Gasteiger partial charge in [0, 0.05) is 0 Å². The Morgan fingerprint density at radius 2 is 0.410 bits per heavy atom. The van der Waals surface area contributed by atoms with Crippen LogP contribution in [-0.2, 0) is 0 Å². The summed E-state index contributed by atoms with van der Waals surface area (Å²) in [6.07, 6.45) is 45.5. The maximum absolute atomic E-state index is 6.77. The van der Waals surface area contributed by atoms with Crippen LogP contribution in [0.5, 0.6) is 0 Å². The molecule has 0 aliphatic rings. The molecule has 236 valence electrons. The van der Waals surface area contributed by atoms with Gasteiger partial charge in [-0.2, -0.15) is 0 Å². The van der Waals surface area contributed by atoms with Crippen molar-refractivity contribution in [1.82, 2.24) is 0 Å². The first-order valence-electron chi connectivity index (χ1n) is 18.5. The highest BCUT2D eigenvalue weighted by atomic mass is 35.7. The minimum atomic E-state index is -1.97. The van der Waals surface area contributed by atoms with E-state index in [0.29, 0.717) is 0 Å². The minimum absolute atomic E-state index is 1.12. The third-order valence-corrected chi connectivity index (χ3v) is 13.2. The van der Waals surface area contributed by atoms with E-state index in [1.807, 2.05) is 0 Å². The van der Waals surface area contributed by atoms with Crippen molar-refractivity contribution in [3.8, 4) is 0 Å². The van der Waals surface area contributed by atoms with Gasteiger partial charge in [-0.1, -0.05) is 219 Å². The van der Waals surface area contributed by atoms with Gasteiger partial charge >= 0.3 is 0 Å². The van der Waals surface area contributed by atoms with Crippen molar-refractivity contribution in [3.05, 3.63) is 0 Å². The number of unbranched alkanes of at least 4 members (excludes halogenated alkanes) is 30. The highest BCUT2D eigenvalue weighted by Crippen LogP contribution is 2.31. The van der Waals surface area contributed by atoms with E-state index < -0.39 is 6.69 Å². The molecule has 0 saturated carbocycles. The first kappa shape index (κ1) is 39.8. The maximum atomic E-state index is 6.77. The summed E-state index contributed by atoms with van der Waals surface area (Å²) < 4.78 is 0. The number of rotatable bonds is 34. The first-order chi connectivity index (χ1) is 19.1. The predicted octanol–water partition coefficient (Wildman–Crippen LogP) is 15.4. The van der Waals surface area contributed by atoms with Crippen molar-refractivity contribution in [1.29, 1.82) is 0 Å². The summed E-state index contributed by atoms with van der Waals surface area (Å²) in [5, 5.41) is 0. The van der Waals surface area contributed by atoms with Crippen LogP contribution in [0.25, 0.3) is 0 Å². The van der Waals surface area contributed by atoms with Gasteiger partial charge in [-0.3, -0.25) is 0 Å². The number of hydrogen-bond donors (Lipinski definition) is 0. The van der Waals surface area contributed by atoms with E-state index in [-0.39, 0.29) is 0 Å². The molecule has 0 aromatic carbocycles. The Hall–Kier alpha value is 0.797. The molecule has 0 aliphatic carbocycles. The van der Waals surface area contributed by atoms with Crippen LogP contribution in [0.2, 0.25) is 12.1 Å². The molecule has 0 amide bonds. The molecule has 0 atom stereocenters. The Morgan fingerprint density at radius 3 is 0.590 bits per heavy atom. The Balaban J connectivity index is 3.26. The lowest BCUT2D eigenvalue weighted by molar-refractivity contribution is 0.530. The van der Waals surface area contributed by atoms with Crippen LogP contribution in [0.4, 0.5) is 0 Å². The molecular weight excluding hydrogens is 531 g/mol. The van der Waals surface area contributed by atoms with E-state index >= 15 is 0 Å². The number of halogens is 2. The van der Waals surface area contributed by atoms with Gasteiger partial charge in [0.25, 0.3) is 6.69 Å². The maximum Gasteiger partial charge on any atom is 0.251 e. The van der Waals surface area contributed by atoms with Gasteiger partial charge in [-0.25, -0.2) is 0 Å². The lowest BCUT2D eigenvalue weighted by atomic mass is 10.0. The summed E-state index contributed by atoms with van der Waals surface area (Å²) in [6, 6.07) is 2.24. The fourth-order valence-electron chi connectivity index (χ4n) is 5.99. The lowest BCUT2D eigenvalue weighted by Gasteiger charge is -2.16. The molecule has 0 saturated heterocycles. The van der Waals surface area contributed by atoms with Crippen LogP contribution in [0.1, 0.15) is 219 Å². The van der Waals surface area contributed by atoms with Crippen molar-refractivity contribution in [2.24, 2.45) is 0 Å². The second-order valence-electron chi connectivity index (χ2n) is 13.0. The average molecular weight is 606 g/mol. The molecule has 0 spiro atoms. The second kappa shape index (κ2) is 33.3. The third kappa shape index (κ3) is 34.9. The molecule has 3 heteroatoms. The van der Waals surface area contributed by atoms with Crippen LogP contribution >= 0.6 is 22.2 Å². The van der Waals surface area contributed by atoms with Gasteiger partial charge in [0.05, 0.1) is 0 Å². The zero-order valence-corrected chi connectivity index (χ0v) is 29.8. The molecule has 0 aromatic rings. The minimum Gasteiger partial charge on any atom is -0.146 e. The summed E-state index contributed by atoms with van der Waals surface area (Å²) in [5.41, 5.74) is 0. The van der Waals surface area contributed by atoms with Crippen molar-refractivity contribution in [2.45, 2.75) is 231 Å². The largest absolute Gasteiger partial charge is 0.251 e. The van der Waals surface area contributed by atoms with Crippen molar-refractivity contribution < 1.29 is 0 Å². The predicted molar refractivity (Wildman–Crippen MR) is 186 cm³/mol. The molecule has 0 nitrogen and oxygen atoms in total. The Labute approximate surface area is 259 Å². The molecule has 0 radical (unpaired) electrons. The van der Waals surface area contributed by atoms with Crippen molar-refractivity contribution in [3.63, 3.8) is 0 Å². The molecule has 0 aromatic heterocycles. The SMILES string of the molecule is CCCCCCCCCCCCCCCCCC[Si](Cl)(Cl)CCCCCCCCCCCCCCCCCC. The standard InChI is InChI=1S/C36H74Cl2Si/c1-3-5-7-9-11-13-15-17-19-21-23-25-27-29-31-33-35-39(37,38)36-34-32-30-28-26-24-22-20-18-16-14-12-10-8-6-4-2/h3-36H2,1-2H3. The van der Waals surface area contributed by atoms with Crippen molar-refractivity contribution >= 4 is 28.9 Å². The quantitative estimate of drug-likeness (QED) is 0.0389. The first-order valence-corrected chi connectivity index (χ1v) is 22.9. The Morgan fingerprint density at radius 1 is 0.256 bits per heavy atom. The molecule has 39 heavy (non-hydrogen) atoms. The molecule has 0 N–H and O–H groups in total. The monoisotopic (exact) mass is 604 g/mol. The molecule has 0 fully saturated rings. The summed E-state index contributed by atoms with van der Waals surface area (Å²) in [4.78, 5) is 0. The zero-order valence-electron chi connectivity index (χ0n) is 27.3. The highest BCUT2D eigenvalue weighted by molar-refractivity contribution is 7.45. The summed E-state index contributed by atoms with van der Waals surface area (Å²) in [7, 11) is 0. The van der Waals surface area contributed by atoms with E-state index in [2.05, 4.69) is 13.8 Å². The van der Waals surface area contributed by atoms with Gasteiger partial charge in [0.15, 0.2) is 0 Å². The number of hydrogen-bond acceptors (Lipinski definition) is 0. The molecule has 0 heterocycles. The van der Waals surface area contributed by atoms with E-state index in [1.54, 1.807) is 0 Å².